The number of hydrogen-bond donors (Lipinski definition) is 1. The van der Waals surface area contributed by atoms with Crippen molar-refractivity contribution in [3.8, 4) is 5.75 Å². The normalized spacial score (nSPS) is 17.9. The summed E-state index contributed by atoms with van der Waals surface area (Å²) in [6, 6.07) is 13.5. The summed E-state index contributed by atoms with van der Waals surface area (Å²) >= 11 is 3.37. The first kappa shape index (κ1) is 22.8. The van der Waals surface area contributed by atoms with Crippen LogP contribution in [0.4, 0.5) is 0 Å². The van der Waals surface area contributed by atoms with Crippen molar-refractivity contribution in [1.29, 1.82) is 0 Å². The Morgan fingerprint density at radius 1 is 1.16 bits per heavy atom. The maximum Gasteiger partial charge on any atom is 0.295 e. The van der Waals surface area contributed by atoms with Gasteiger partial charge in [-0.2, -0.15) is 0 Å². The van der Waals surface area contributed by atoms with Gasteiger partial charge in [0.25, 0.3) is 11.7 Å². The molecule has 1 N–H and O–H groups in total. The molecule has 0 spiro atoms. The molecule has 162 valence electrons. The number of ether oxygens (including phenoxy) is 1. The van der Waals surface area contributed by atoms with Gasteiger partial charge in [-0.25, -0.2) is 0 Å². The Bertz CT molecular complexity index is 997. The number of likely N-dealkylation sites (N-methyl/N-ethyl adjacent to an activating group) is 1. The minimum Gasteiger partial charge on any atom is -0.507 e. The number of carbonyl (C=O) groups is 2. The van der Waals surface area contributed by atoms with Gasteiger partial charge in [0, 0.05) is 23.1 Å². The molecule has 0 bridgehead atoms. The average Bonchev–Trinajstić information content (AvgIpc) is 3.01. The Balaban J connectivity index is 2.07. The number of amides is 1. The Hall–Kier alpha value is -2.90. The number of aliphatic hydroxyl groups excluding tert-OH is 1. The minimum atomic E-state index is -0.684. The van der Waals surface area contributed by atoms with Crippen molar-refractivity contribution in [2.24, 2.45) is 0 Å². The summed E-state index contributed by atoms with van der Waals surface area (Å²) in [6.45, 7) is 4.95. The highest BCUT2D eigenvalue weighted by Gasteiger charge is 2.45. The third kappa shape index (κ3) is 5.06. The predicted octanol–water partition coefficient (Wildman–Crippen LogP) is 4.00. The van der Waals surface area contributed by atoms with Crippen molar-refractivity contribution in [3.05, 3.63) is 82.4 Å². The van der Waals surface area contributed by atoms with Crippen LogP contribution in [0.3, 0.4) is 0 Å². The highest BCUT2D eigenvalue weighted by atomic mass is 79.9. The molecule has 0 unspecified atom stereocenters. The third-order valence-electron chi connectivity index (χ3n) is 5.01. The first-order valence-electron chi connectivity index (χ1n) is 9.86. The maximum absolute atomic E-state index is 13.0. The smallest absolute Gasteiger partial charge is 0.295 e. The third-order valence-corrected chi connectivity index (χ3v) is 5.54. The molecule has 6 nitrogen and oxygen atoms in total. The second kappa shape index (κ2) is 9.94. The number of rotatable bonds is 8. The topological polar surface area (TPSA) is 70.1 Å². The van der Waals surface area contributed by atoms with Crippen LogP contribution >= 0.6 is 15.9 Å². The summed E-state index contributed by atoms with van der Waals surface area (Å²) < 4.78 is 6.39. The zero-order chi connectivity index (χ0) is 22.5. The molecular formula is C24H25BrN2O4. The highest BCUT2D eigenvalue weighted by molar-refractivity contribution is 9.10. The van der Waals surface area contributed by atoms with Crippen LogP contribution in [0.5, 0.6) is 5.75 Å². The molecule has 1 atom stereocenters. The fraction of sp³-hybridized carbons (Fsp3) is 0.250. The summed E-state index contributed by atoms with van der Waals surface area (Å²) in [5, 5.41) is 11.0. The van der Waals surface area contributed by atoms with E-state index in [1.54, 1.807) is 42.5 Å². The Kier molecular flexibility index (Phi) is 7.30. The second-order valence-electron chi connectivity index (χ2n) is 7.47. The standard InChI is InChI=1S/C24H25BrN2O4/c1-4-15-31-19-11-7-16(8-12-19)21-20(22(28)17-5-9-18(25)10-6-17)23(29)24(30)27(21)14-13-26(2)3/h4-12,21,28H,1,13-15H2,2-3H3/t21-/m0/s1. The quantitative estimate of drug-likeness (QED) is 0.265. The van der Waals surface area contributed by atoms with Gasteiger partial charge in [0.05, 0.1) is 11.6 Å². The molecule has 0 aliphatic carbocycles. The average molecular weight is 485 g/mol. The SMILES string of the molecule is C=CCOc1ccc([C@H]2C(=C(O)c3ccc(Br)cc3)C(=O)C(=O)N2CCN(C)C)cc1. The largest absolute Gasteiger partial charge is 0.507 e. The zero-order valence-electron chi connectivity index (χ0n) is 17.5. The molecule has 1 aliphatic heterocycles. The van der Waals surface area contributed by atoms with Gasteiger partial charge in [-0.15, -0.1) is 0 Å². The lowest BCUT2D eigenvalue weighted by atomic mass is 9.95. The molecule has 1 heterocycles. The molecule has 0 saturated carbocycles. The first-order valence-corrected chi connectivity index (χ1v) is 10.7. The molecule has 0 radical (unpaired) electrons. The van der Waals surface area contributed by atoms with Gasteiger partial charge >= 0.3 is 0 Å². The fourth-order valence-corrected chi connectivity index (χ4v) is 3.69. The second-order valence-corrected chi connectivity index (χ2v) is 8.39. The van der Waals surface area contributed by atoms with Crippen molar-refractivity contribution >= 4 is 33.4 Å². The monoisotopic (exact) mass is 484 g/mol. The number of nitrogens with zero attached hydrogens (tertiary/aromatic N) is 2. The molecule has 7 heteroatoms. The number of benzene rings is 2. The Morgan fingerprint density at radius 3 is 2.39 bits per heavy atom. The van der Waals surface area contributed by atoms with Crippen molar-refractivity contribution < 1.29 is 19.4 Å². The molecule has 3 rings (SSSR count). The fourth-order valence-electron chi connectivity index (χ4n) is 3.43. The number of ketones is 1. The van der Waals surface area contributed by atoms with Crippen molar-refractivity contribution in [3.63, 3.8) is 0 Å². The van der Waals surface area contributed by atoms with Crippen LogP contribution in [-0.2, 0) is 9.59 Å². The number of halogens is 1. The zero-order valence-corrected chi connectivity index (χ0v) is 19.1. The Morgan fingerprint density at radius 2 is 1.81 bits per heavy atom. The minimum absolute atomic E-state index is 0.0887. The summed E-state index contributed by atoms with van der Waals surface area (Å²) in [7, 11) is 3.80. The van der Waals surface area contributed by atoms with E-state index >= 15 is 0 Å². The van der Waals surface area contributed by atoms with E-state index in [1.165, 1.54) is 4.90 Å². The van der Waals surface area contributed by atoms with Crippen LogP contribution in [0.25, 0.3) is 5.76 Å². The van der Waals surface area contributed by atoms with E-state index in [2.05, 4.69) is 22.5 Å². The molecule has 1 amide bonds. The summed E-state index contributed by atoms with van der Waals surface area (Å²) in [4.78, 5) is 29.3. The van der Waals surface area contributed by atoms with Crippen LogP contribution in [0, 0.1) is 0 Å². The first-order chi connectivity index (χ1) is 14.8. The maximum atomic E-state index is 13.0. The van der Waals surface area contributed by atoms with Gasteiger partial charge in [-0.05, 0) is 43.9 Å². The van der Waals surface area contributed by atoms with Gasteiger partial charge < -0.3 is 19.6 Å². The number of likely N-dealkylation sites (tertiary alicyclic amines) is 1. The van der Waals surface area contributed by atoms with Crippen LogP contribution < -0.4 is 4.74 Å². The lowest BCUT2D eigenvalue weighted by Crippen LogP contribution is -2.35. The van der Waals surface area contributed by atoms with Crippen LogP contribution in [-0.4, -0.2) is 60.4 Å². The molecule has 1 aliphatic rings. The van der Waals surface area contributed by atoms with Gasteiger partial charge in [0.1, 0.15) is 18.1 Å². The van der Waals surface area contributed by atoms with Crippen molar-refractivity contribution in [1.82, 2.24) is 9.80 Å². The summed E-state index contributed by atoms with van der Waals surface area (Å²) in [5.74, 6) is -0.828. The lowest BCUT2D eigenvalue weighted by Gasteiger charge is -2.26. The van der Waals surface area contributed by atoms with Gasteiger partial charge in [0.2, 0.25) is 0 Å². The summed E-state index contributed by atoms with van der Waals surface area (Å²) in [6.07, 6.45) is 1.66. The number of aliphatic hydroxyl groups is 1. The molecule has 2 aromatic carbocycles. The van der Waals surface area contributed by atoms with Gasteiger partial charge in [-0.3, -0.25) is 9.59 Å². The van der Waals surface area contributed by atoms with Crippen LogP contribution in [0.2, 0.25) is 0 Å². The van der Waals surface area contributed by atoms with E-state index in [4.69, 9.17) is 4.74 Å². The lowest BCUT2D eigenvalue weighted by molar-refractivity contribution is -0.140. The van der Waals surface area contributed by atoms with E-state index in [0.717, 1.165) is 10.0 Å². The number of carbonyl (C=O) groups excluding carboxylic acids is 2. The molecule has 1 fully saturated rings. The molecule has 2 aromatic rings. The number of hydrogen-bond acceptors (Lipinski definition) is 5. The van der Waals surface area contributed by atoms with Gasteiger partial charge in [0.15, 0.2) is 0 Å². The number of Topliss-reactive ketones (excluding diaryl/α,β-unsaturated/α-hetero) is 1. The van der Waals surface area contributed by atoms with Crippen LogP contribution in [0.1, 0.15) is 17.2 Å². The summed E-state index contributed by atoms with van der Waals surface area (Å²) in [5.41, 5.74) is 1.29. The van der Waals surface area contributed by atoms with E-state index in [1.807, 2.05) is 31.1 Å². The highest BCUT2D eigenvalue weighted by Crippen LogP contribution is 2.39. The van der Waals surface area contributed by atoms with Gasteiger partial charge in [-0.1, -0.05) is 52.9 Å². The Labute approximate surface area is 190 Å². The predicted molar refractivity (Wildman–Crippen MR) is 124 cm³/mol. The molecule has 1 saturated heterocycles. The molecule has 0 aromatic heterocycles. The van der Waals surface area contributed by atoms with Crippen molar-refractivity contribution in [2.45, 2.75) is 6.04 Å². The van der Waals surface area contributed by atoms with E-state index in [0.29, 0.717) is 31.0 Å². The molecular weight excluding hydrogens is 460 g/mol. The van der Waals surface area contributed by atoms with E-state index in [9.17, 15) is 14.7 Å². The van der Waals surface area contributed by atoms with Crippen molar-refractivity contribution in [2.75, 3.05) is 33.8 Å². The van der Waals surface area contributed by atoms with E-state index < -0.39 is 17.7 Å². The van der Waals surface area contributed by atoms with E-state index in [-0.39, 0.29) is 11.3 Å². The molecule has 31 heavy (non-hydrogen) atoms. The van der Waals surface area contributed by atoms with Crippen LogP contribution in [0.15, 0.2) is 71.2 Å².